The summed E-state index contributed by atoms with van der Waals surface area (Å²) in [6.45, 7) is 7.79. The van der Waals surface area contributed by atoms with Gasteiger partial charge in [0.2, 0.25) is 0 Å². The molecule has 1 aliphatic rings. The Morgan fingerprint density at radius 2 is 2.12 bits per heavy atom. The van der Waals surface area contributed by atoms with Gasteiger partial charge in [-0.1, -0.05) is 32.4 Å². The van der Waals surface area contributed by atoms with Gasteiger partial charge in [-0.05, 0) is 44.6 Å². The third-order valence-corrected chi connectivity index (χ3v) is 3.60. The fraction of sp³-hybridized carbons (Fsp3) is 0.867. The molecule has 0 aromatic carbocycles. The molecule has 0 heterocycles. The summed E-state index contributed by atoms with van der Waals surface area (Å²) in [6, 6.07) is 0.417. The lowest BCUT2D eigenvalue weighted by molar-refractivity contribution is 0.0418. The molecule has 0 spiro atoms. The van der Waals surface area contributed by atoms with E-state index >= 15 is 0 Å². The van der Waals surface area contributed by atoms with E-state index in [1.165, 1.54) is 32.1 Å². The van der Waals surface area contributed by atoms with Crippen molar-refractivity contribution in [2.45, 2.75) is 65.0 Å². The van der Waals surface area contributed by atoms with E-state index in [1.54, 1.807) is 5.57 Å². The van der Waals surface area contributed by atoms with E-state index in [4.69, 9.17) is 4.74 Å². The Labute approximate surface area is 107 Å². The summed E-state index contributed by atoms with van der Waals surface area (Å²) < 4.78 is 5.72. The summed E-state index contributed by atoms with van der Waals surface area (Å²) in [5, 5.41) is 3.68. The molecule has 0 saturated heterocycles. The standard InChI is InChI=1S/C15H29NO/c1-5-11-16-14(15(17-4)12(2)3)13-9-7-6-8-10-13/h9,12,14-16H,5-8,10-11H2,1-4H3. The van der Waals surface area contributed by atoms with Gasteiger partial charge < -0.3 is 10.1 Å². The Bertz CT molecular complexity index is 235. The molecule has 2 atom stereocenters. The maximum absolute atomic E-state index is 5.72. The molecule has 1 aliphatic carbocycles. The Hall–Kier alpha value is -0.340. The van der Waals surface area contributed by atoms with Crippen molar-refractivity contribution in [3.8, 4) is 0 Å². The van der Waals surface area contributed by atoms with Crippen molar-refractivity contribution in [1.82, 2.24) is 5.32 Å². The molecular weight excluding hydrogens is 210 g/mol. The van der Waals surface area contributed by atoms with Crippen molar-refractivity contribution in [3.05, 3.63) is 11.6 Å². The van der Waals surface area contributed by atoms with Crippen LogP contribution in [0.2, 0.25) is 0 Å². The van der Waals surface area contributed by atoms with E-state index < -0.39 is 0 Å². The second-order valence-electron chi connectivity index (χ2n) is 5.40. The lowest BCUT2D eigenvalue weighted by Gasteiger charge is -2.33. The predicted octanol–water partition coefficient (Wildman–Crippen LogP) is 3.53. The molecule has 1 N–H and O–H groups in total. The van der Waals surface area contributed by atoms with Gasteiger partial charge in [0.1, 0.15) is 0 Å². The Morgan fingerprint density at radius 1 is 1.35 bits per heavy atom. The Kier molecular flexibility index (Phi) is 6.83. The molecule has 0 aromatic heterocycles. The first-order valence-corrected chi connectivity index (χ1v) is 7.15. The zero-order valence-corrected chi connectivity index (χ0v) is 12.0. The van der Waals surface area contributed by atoms with Gasteiger partial charge in [0.05, 0.1) is 12.1 Å². The third-order valence-electron chi connectivity index (χ3n) is 3.60. The van der Waals surface area contributed by atoms with Crippen LogP contribution >= 0.6 is 0 Å². The van der Waals surface area contributed by atoms with Crippen LogP contribution in [0.25, 0.3) is 0 Å². The van der Waals surface area contributed by atoms with E-state index in [1.807, 2.05) is 7.11 Å². The summed E-state index contributed by atoms with van der Waals surface area (Å²) >= 11 is 0. The van der Waals surface area contributed by atoms with Crippen molar-refractivity contribution in [2.75, 3.05) is 13.7 Å². The van der Waals surface area contributed by atoms with E-state index in [0.29, 0.717) is 18.1 Å². The van der Waals surface area contributed by atoms with Crippen LogP contribution in [0.1, 0.15) is 52.9 Å². The van der Waals surface area contributed by atoms with Gasteiger partial charge in [-0.25, -0.2) is 0 Å². The highest BCUT2D eigenvalue weighted by atomic mass is 16.5. The molecule has 100 valence electrons. The first kappa shape index (κ1) is 14.7. The smallest absolute Gasteiger partial charge is 0.0785 e. The molecule has 17 heavy (non-hydrogen) atoms. The van der Waals surface area contributed by atoms with Crippen LogP contribution in [-0.4, -0.2) is 25.8 Å². The molecule has 0 aliphatic heterocycles. The predicted molar refractivity (Wildman–Crippen MR) is 74.3 cm³/mol. The molecule has 2 unspecified atom stereocenters. The molecular formula is C15H29NO. The lowest BCUT2D eigenvalue weighted by atomic mass is 9.87. The van der Waals surface area contributed by atoms with Crippen LogP contribution in [0.3, 0.4) is 0 Å². The van der Waals surface area contributed by atoms with Crippen LogP contribution < -0.4 is 5.32 Å². The van der Waals surface area contributed by atoms with Gasteiger partial charge in [0, 0.05) is 7.11 Å². The highest BCUT2D eigenvalue weighted by molar-refractivity contribution is 5.16. The second kappa shape index (κ2) is 7.88. The van der Waals surface area contributed by atoms with Crippen molar-refractivity contribution in [3.63, 3.8) is 0 Å². The molecule has 0 amide bonds. The minimum Gasteiger partial charge on any atom is -0.379 e. The summed E-state index contributed by atoms with van der Waals surface area (Å²) in [6.07, 6.45) is 9.09. The number of rotatable bonds is 7. The fourth-order valence-corrected chi connectivity index (χ4v) is 2.70. The van der Waals surface area contributed by atoms with Crippen LogP contribution in [0, 0.1) is 5.92 Å². The van der Waals surface area contributed by atoms with Crippen molar-refractivity contribution < 1.29 is 4.74 Å². The van der Waals surface area contributed by atoms with Crippen LogP contribution in [0.15, 0.2) is 11.6 Å². The Balaban J connectivity index is 2.73. The highest BCUT2D eigenvalue weighted by Gasteiger charge is 2.27. The maximum Gasteiger partial charge on any atom is 0.0785 e. The molecule has 0 bridgehead atoms. The van der Waals surface area contributed by atoms with Gasteiger partial charge >= 0.3 is 0 Å². The van der Waals surface area contributed by atoms with E-state index in [2.05, 4.69) is 32.2 Å². The number of allylic oxidation sites excluding steroid dienone is 1. The van der Waals surface area contributed by atoms with Gasteiger partial charge in [-0.2, -0.15) is 0 Å². The Morgan fingerprint density at radius 3 is 2.59 bits per heavy atom. The number of nitrogens with one attached hydrogen (secondary N) is 1. The third kappa shape index (κ3) is 4.44. The lowest BCUT2D eigenvalue weighted by Crippen LogP contribution is -2.45. The summed E-state index contributed by atoms with van der Waals surface area (Å²) in [5.41, 5.74) is 1.57. The average molecular weight is 239 g/mol. The second-order valence-corrected chi connectivity index (χ2v) is 5.40. The summed E-state index contributed by atoms with van der Waals surface area (Å²) in [7, 11) is 1.84. The molecule has 0 fully saturated rings. The molecule has 1 rings (SSSR count). The maximum atomic E-state index is 5.72. The first-order valence-electron chi connectivity index (χ1n) is 7.15. The average Bonchev–Trinajstić information content (AvgIpc) is 2.35. The number of hydrogen-bond donors (Lipinski definition) is 1. The highest BCUT2D eigenvalue weighted by Crippen LogP contribution is 2.25. The SMILES string of the molecule is CCCNC(C1=CCCCC1)C(OC)C(C)C. The number of methoxy groups -OCH3 is 1. The van der Waals surface area contributed by atoms with Crippen LogP contribution in [0.5, 0.6) is 0 Å². The zero-order chi connectivity index (χ0) is 12.7. The molecule has 0 saturated carbocycles. The molecule has 0 aromatic rings. The number of ether oxygens (including phenoxy) is 1. The minimum atomic E-state index is 0.297. The van der Waals surface area contributed by atoms with Gasteiger partial charge in [0.15, 0.2) is 0 Å². The topological polar surface area (TPSA) is 21.3 Å². The van der Waals surface area contributed by atoms with Gasteiger partial charge in [-0.3, -0.25) is 0 Å². The zero-order valence-electron chi connectivity index (χ0n) is 12.0. The summed E-state index contributed by atoms with van der Waals surface area (Å²) in [5.74, 6) is 0.553. The van der Waals surface area contributed by atoms with Crippen LogP contribution in [0.4, 0.5) is 0 Å². The van der Waals surface area contributed by atoms with Crippen molar-refractivity contribution in [1.29, 1.82) is 0 Å². The van der Waals surface area contributed by atoms with Crippen LogP contribution in [-0.2, 0) is 4.74 Å². The van der Waals surface area contributed by atoms with E-state index in [-0.39, 0.29) is 0 Å². The first-order chi connectivity index (χ1) is 8.20. The van der Waals surface area contributed by atoms with Gasteiger partial charge in [-0.15, -0.1) is 0 Å². The van der Waals surface area contributed by atoms with E-state index in [0.717, 1.165) is 6.54 Å². The molecule has 2 heteroatoms. The largest absolute Gasteiger partial charge is 0.379 e. The summed E-state index contributed by atoms with van der Waals surface area (Å²) in [4.78, 5) is 0. The van der Waals surface area contributed by atoms with Crippen molar-refractivity contribution in [2.24, 2.45) is 5.92 Å². The fourth-order valence-electron chi connectivity index (χ4n) is 2.70. The van der Waals surface area contributed by atoms with Crippen molar-refractivity contribution >= 4 is 0 Å². The molecule has 2 nitrogen and oxygen atoms in total. The molecule has 0 radical (unpaired) electrons. The monoisotopic (exact) mass is 239 g/mol. The number of hydrogen-bond acceptors (Lipinski definition) is 2. The minimum absolute atomic E-state index is 0.297. The quantitative estimate of drug-likeness (QED) is 0.686. The van der Waals surface area contributed by atoms with Gasteiger partial charge in [0.25, 0.3) is 0 Å². The normalized spacial score (nSPS) is 20.2. The van der Waals surface area contributed by atoms with E-state index in [9.17, 15) is 0 Å².